The highest BCUT2D eigenvalue weighted by molar-refractivity contribution is 5.93. The van der Waals surface area contributed by atoms with Gasteiger partial charge in [0.25, 0.3) is 0 Å². The van der Waals surface area contributed by atoms with Crippen LogP contribution < -0.4 is 0 Å². The van der Waals surface area contributed by atoms with Crippen LogP contribution in [0.4, 0.5) is 0 Å². The predicted octanol–water partition coefficient (Wildman–Crippen LogP) is 4.01. The summed E-state index contributed by atoms with van der Waals surface area (Å²) in [6, 6.07) is 0. The molecule has 0 amide bonds. The SMILES string of the molecule is CCCC[C@@](C)(CC)/C(O)=C(\C)C(C)=O. The number of carbonyl (C=O) groups excluding carboxylic acids is 1. The van der Waals surface area contributed by atoms with Crippen molar-refractivity contribution in [3.63, 3.8) is 0 Å². The van der Waals surface area contributed by atoms with E-state index in [4.69, 9.17) is 0 Å². The fraction of sp³-hybridized carbons (Fsp3) is 0.769. The number of aliphatic hydroxyl groups is 1. The Labute approximate surface area is 93.4 Å². The Hall–Kier alpha value is -0.790. The summed E-state index contributed by atoms with van der Waals surface area (Å²) in [6.45, 7) is 9.43. The van der Waals surface area contributed by atoms with Crippen LogP contribution in [0.3, 0.4) is 0 Å². The first kappa shape index (κ1) is 14.2. The average Bonchev–Trinajstić information content (AvgIpc) is 2.23. The molecule has 2 heteroatoms. The van der Waals surface area contributed by atoms with Crippen molar-refractivity contribution in [3.05, 3.63) is 11.3 Å². The molecule has 88 valence electrons. The van der Waals surface area contributed by atoms with Crippen LogP contribution in [0.2, 0.25) is 0 Å². The van der Waals surface area contributed by atoms with Crippen LogP contribution in [-0.2, 0) is 4.79 Å². The van der Waals surface area contributed by atoms with E-state index < -0.39 is 0 Å². The number of aliphatic hydroxyl groups excluding tert-OH is 1. The molecule has 2 nitrogen and oxygen atoms in total. The minimum absolute atomic E-state index is 0.0383. The second-order valence-electron chi connectivity index (χ2n) is 4.55. The van der Waals surface area contributed by atoms with Gasteiger partial charge in [0.05, 0.1) is 0 Å². The fourth-order valence-electron chi connectivity index (χ4n) is 1.65. The van der Waals surface area contributed by atoms with Crippen LogP contribution in [0.5, 0.6) is 0 Å². The summed E-state index contributed by atoms with van der Waals surface area (Å²) in [5.41, 5.74) is 0.279. The molecule has 0 bridgehead atoms. The van der Waals surface area contributed by atoms with E-state index in [0.29, 0.717) is 5.57 Å². The number of allylic oxidation sites excluding steroid dienone is 2. The van der Waals surface area contributed by atoms with E-state index >= 15 is 0 Å². The molecule has 0 radical (unpaired) electrons. The maximum Gasteiger partial charge on any atom is 0.158 e. The Morgan fingerprint density at radius 3 is 2.13 bits per heavy atom. The van der Waals surface area contributed by atoms with Crippen LogP contribution in [0.1, 0.15) is 60.3 Å². The fourth-order valence-corrected chi connectivity index (χ4v) is 1.65. The summed E-state index contributed by atoms with van der Waals surface area (Å²) >= 11 is 0. The van der Waals surface area contributed by atoms with Gasteiger partial charge in [-0.3, -0.25) is 4.79 Å². The molecule has 0 spiro atoms. The number of hydrogen-bond donors (Lipinski definition) is 1. The lowest BCUT2D eigenvalue weighted by molar-refractivity contribution is -0.113. The van der Waals surface area contributed by atoms with Gasteiger partial charge in [-0.25, -0.2) is 0 Å². The van der Waals surface area contributed by atoms with Gasteiger partial charge in [0.15, 0.2) is 5.78 Å². The molecular weight excluding hydrogens is 188 g/mol. The number of unbranched alkanes of at least 4 members (excludes halogenated alkanes) is 1. The third kappa shape index (κ3) is 3.69. The number of Topliss-reactive ketones (excluding diaryl/α,β-unsaturated/α-hetero) is 1. The molecule has 1 N–H and O–H groups in total. The van der Waals surface area contributed by atoms with Gasteiger partial charge in [0.1, 0.15) is 5.76 Å². The second-order valence-corrected chi connectivity index (χ2v) is 4.55. The molecule has 0 aliphatic heterocycles. The zero-order valence-electron chi connectivity index (χ0n) is 10.7. The Morgan fingerprint density at radius 2 is 1.80 bits per heavy atom. The minimum Gasteiger partial charge on any atom is -0.511 e. The maximum atomic E-state index is 11.2. The third-order valence-corrected chi connectivity index (χ3v) is 3.32. The monoisotopic (exact) mass is 212 g/mol. The third-order valence-electron chi connectivity index (χ3n) is 3.32. The molecule has 0 aromatic heterocycles. The summed E-state index contributed by atoms with van der Waals surface area (Å²) in [4.78, 5) is 11.2. The lowest BCUT2D eigenvalue weighted by Gasteiger charge is -2.28. The van der Waals surface area contributed by atoms with Crippen molar-refractivity contribution in [2.75, 3.05) is 0 Å². The molecule has 0 unspecified atom stereocenters. The summed E-state index contributed by atoms with van der Waals surface area (Å²) in [5, 5.41) is 10.1. The minimum atomic E-state index is -0.230. The molecule has 0 saturated heterocycles. The summed E-state index contributed by atoms with van der Waals surface area (Å²) in [5.74, 6) is 0.245. The smallest absolute Gasteiger partial charge is 0.158 e. The lowest BCUT2D eigenvalue weighted by atomic mass is 9.78. The molecule has 0 rings (SSSR count). The van der Waals surface area contributed by atoms with Gasteiger partial charge >= 0.3 is 0 Å². The van der Waals surface area contributed by atoms with Crippen LogP contribution >= 0.6 is 0 Å². The van der Waals surface area contributed by atoms with Crippen LogP contribution in [-0.4, -0.2) is 10.9 Å². The van der Waals surface area contributed by atoms with Crippen molar-refractivity contribution in [2.24, 2.45) is 5.41 Å². The summed E-state index contributed by atoms with van der Waals surface area (Å²) in [6.07, 6.45) is 4.00. The quantitative estimate of drug-likeness (QED) is 0.533. The largest absolute Gasteiger partial charge is 0.511 e. The lowest BCUT2D eigenvalue weighted by Crippen LogP contribution is -2.21. The van der Waals surface area contributed by atoms with E-state index in [2.05, 4.69) is 13.8 Å². The summed E-state index contributed by atoms with van der Waals surface area (Å²) < 4.78 is 0. The summed E-state index contributed by atoms with van der Waals surface area (Å²) in [7, 11) is 0. The topological polar surface area (TPSA) is 37.3 Å². The predicted molar refractivity (Wildman–Crippen MR) is 63.9 cm³/mol. The van der Waals surface area contributed by atoms with Crippen LogP contribution in [0.25, 0.3) is 0 Å². The van der Waals surface area contributed by atoms with Gasteiger partial charge in [-0.1, -0.05) is 33.6 Å². The molecule has 0 aromatic rings. The number of rotatable bonds is 6. The van der Waals surface area contributed by atoms with E-state index in [9.17, 15) is 9.90 Å². The average molecular weight is 212 g/mol. The zero-order chi connectivity index (χ0) is 12.1. The van der Waals surface area contributed by atoms with Crippen molar-refractivity contribution in [1.29, 1.82) is 0 Å². The van der Waals surface area contributed by atoms with Gasteiger partial charge in [0.2, 0.25) is 0 Å². The van der Waals surface area contributed by atoms with Crippen molar-refractivity contribution in [3.8, 4) is 0 Å². The molecule has 0 aromatic carbocycles. The number of carbonyl (C=O) groups is 1. The van der Waals surface area contributed by atoms with Crippen LogP contribution in [0, 0.1) is 5.41 Å². The molecule has 0 fully saturated rings. The first-order valence-corrected chi connectivity index (χ1v) is 5.80. The molecule has 15 heavy (non-hydrogen) atoms. The van der Waals surface area contributed by atoms with E-state index in [1.807, 2.05) is 6.92 Å². The van der Waals surface area contributed by atoms with Gasteiger partial charge in [-0.15, -0.1) is 0 Å². The van der Waals surface area contributed by atoms with Crippen molar-refractivity contribution >= 4 is 5.78 Å². The maximum absolute atomic E-state index is 11.2. The molecular formula is C13H24O2. The van der Waals surface area contributed by atoms with Crippen molar-refractivity contribution in [2.45, 2.75) is 60.3 Å². The Bertz CT molecular complexity index is 253. The molecule has 0 aliphatic rings. The van der Waals surface area contributed by atoms with Crippen molar-refractivity contribution in [1.82, 2.24) is 0 Å². The number of hydrogen-bond acceptors (Lipinski definition) is 2. The van der Waals surface area contributed by atoms with Gasteiger partial charge < -0.3 is 5.11 Å². The molecule has 0 saturated carbocycles. The second kappa shape index (κ2) is 5.94. The Balaban J connectivity index is 4.93. The van der Waals surface area contributed by atoms with E-state index in [0.717, 1.165) is 25.7 Å². The normalized spacial score (nSPS) is 16.9. The highest BCUT2D eigenvalue weighted by Gasteiger charge is 2.28. The van der Waals surface area contributed by atoms with E-state index in [1.54, 1.807) is 6.92 Å². The first-order chi connectivity index (χ1) is 6.89. The molecule has 0 aliphatic carbocycles. The van der Waals surface area contributed by atoms with Crippen LogP contribution in [0.15, 0.2) is 11.3 Å². The zero-order valence-corrected chi connectivity index (χ0v) is 10.7. The highest BCUT2D eigenvalue weighted by atomic mass is 16.3. The van der Waals surface area contributed by atoms with Crippen molar-refractivity contribution < 1.29 is 9.90 Å². The highest BCUT2D eigenvalue weighted by Crippen LogP contribution is 2.36. The van der Waals surface area contributed by atoms with Gasteiger partial charge in [-0.2, -0.15) is 0 Å². The van der Waals surface area contributed by atoms with Gasteiger partial charge in [-0.05, 0) is 26.7 Å². The first-order valence-electron chi connectivity index (χ1n) is 5.80. The number of ketones is 1. The Kier molecular flexibility index (Phi) is 5.63. The van der Waals surface area contributed by atoms with Gasteiger partial charge in [0, 0.05) is 11.0 Å². The Morgan fingerprint density at radius 1 is 1.27 bits per heavy atom. The van der Waals surface area contributed by atoms with E-state index in [-0.39, 0.29) is 17.0 Å². The molecule has 1 atom stereocenters. The standard InChI is InChI=1S/C13H24O2/c1-6-8-9-13(5,7-2)12(15)10(3)11(4)14/h15H,6-9H2,1-5H3/b12-10-/t13-/m1/s1. The molecule has 0 heterocycles. The van der Waals surface area contributed by atoms with E-state index in [1.165, 1.54) is 6.92 Å².